The first-order valence-corrected chi connectivity index (χ1v) is 14.6. The lowest BCUT2D eigenvalue weighted by Crippen LogP contribution is -2.17. The molecular formula is C36H45N5O2. The standard InChI is InChI=1S/C36H45N5O2/c1-11-35(42-10)40-32-21-26(36(5,6)7)20-31(23(32)2)39-25(4)38-30-16-17-34(29-15-13-12-14-28(29)30)43-27-18-19-37-33(22-27)24(3)41(8)9/h11-22,24,38-40H,4H2,1-3,5-10H3. The van der Waals surface area contributed by atoms with Gasteiger partial charge in [0.15, 0.2) is 5.88 Å². The second-order valence-corrected chi connectivity index (χ2v) is 12.0. The average Bonchev–Trinajstić information content (AvgIpc) is 2.98. The van der Waals surface area contributed by atoms with E-state index in [-0.39, 0.29) is 11.5 Å². The Kier molecular flexibility index (Phi) is 9.66. The maximum absolute atomic E-state index is 6.40. The number of pyridine rings is 1. The summed E-state index contributed by atoms with van der Waals surface area (Å²) in [5.74, 6) is 2.88. The highest BCUT2D eigenvalue weighted by Gasteiger charge is 2.19. The Morgan fingerprint density at radius 2 is 1.58 bits per heavy atom. The molecule has 4 rings (SSSR count). The van der Waals surface area contributed by atoms with Crippen LogP contribution in [0.1, 0.15) is 57.5 Å². The van der Waals surface area contributed by atoms with Crippen LogP contribution >= 0.6 is 0 Å². The number of nitrogens with zero attached hydrogens (tertiary/aromatic N) is 2. The topological polar surface area (TPSA) is 70.7 Å². The molecule has 1 unspecified atom stereocenters. The van der Waals surface area contributed by atoms with E-state index in [1.165, 1.54) is 5.56 Å². The van der Waals surface area contributed by atoms with Crippen molar-refractivity contribution in [1.82, 2.24) is 9.88 Å². The molecule has 7 heteroatoms. The van der Waals surface area contributed by atoms with E-state index in [1.807, 2.05) is 63.5 Å². The molecule has 43 heavy (non-hydrogen) atoms. The molecule has 0 spiro atoms. The zero-order valence-electron chi connectivity index (χ0n) is 26.9. The van der Waals surface area contributed by atoms with Crippen molar-refractivity contribution in [1.29, 1.82) is 0 Å². The van der Waals surface area contributed by atoms with Gasteiger partial charge in [-0.25, -0.2) is 0 Å². The van der Waals surface area contributed by atoms with Gasteiger partial charge in [0, 0.05) is 46.1 Å². The highest BCUT2D eigenvalue weighted by Crippen LogP contribution is 2.37. The molecule has 0 bridgehead atoms. The fourth-order valence-electron chi connectivity index (χ4n) is 4.72. The molecule has 1 atom stereocenters. The quantitative estimate of drug-likeness (QED) is 0.153. The molecule has 7 nitrogen and oxygen atoms in total. The maximum Gasteiger partial charge on any atom is 0.186 e. The predicted octanol–water partition coefficient (Wildman–Crippen LogP) is 9.17. The molecule has 0 saturated carbocycles. The summed E-state index contributed by atoms with van der Waals surface area (Å²) in [6, 6.07) is 20.6. The summed E-state index contributed by atoms with van der Waals surface area (Å²) in [5, 5.41) is 12.5. The van der Waals surface area contributed by atoms with Gasteiger partial charge < -0.3 is 30.3 Å². The molecule has 3 N–H and O–H groups in total. The Bertz CT molecular complexity index is 1640. The summed E-state index contributed by atoms with van der Waals surface area (Å²) in [6.07, 6.45) is 3.71. The summed E-state index contributed by atoms with van der Waals surface area (Å²) >= 11 is 0. The lowest BCUT2D eigenvalue weighted by Gasteiger charge is -2.25. The normalized spacial score (nSPS) is 12.7. The van der Waals surface area contributed by atoms with Gasteiger partial charge in [0.25, 0.3) is 0 Å². The van der Waals surface area contributed by atoms with Crippen molar-refractivity contribution in [2.75, 3.05) is 37.2 Å². The van der Waals surface area contributed by atoms with Crippen molar-refractivity contribution in [3.63, 3.8) is 0 Å². The number of hydrogen-bond donors (Lipinski definition) is 3. The molecule has 0 fully saturated rings. The average molecular weight is 580 g/mol. The first kappa shape index (κ1) is 31.4. The molecule has 0 radical (unpaired) electrons. The minimum absolute atomic E-state index is 0.0510. The van der Waals surface area contributed by atoms with E-state index < -0.39 is 0 Å². The van der Waals surface area contributed by atoms with Crippen LogP contribution in [0.25, 0.3) is 10.8 Å². The molecule has 0 saturated heterocycles. The van der Waals surface area contributed by atoms with Crippen LogP contribution in [-0.2, 0) is 10.2 Å². The minimum Gasteiger partial charge on any atom is -0.483 e. The molecular weight excluding hydrogens is 534 g/mol. The Labute approximate surface area is 256 Å². The molecule has 0 amide bonds. The number of allylic oxidation sites excluding steroid dienone is 1. The van der Waals surface area contributed by atoms with E-state index in [2.05, 4.69) is 91.3 Å². The Balaban J connectivity index is 1.61. The highest BCUT2D eigenvalue weighted by molar-refractivity contribution is 5.98. The van der Waals surface area contributed by atoms with Crippen molar-refractivity contribution < 1.29 is 9.47 Å². The number of aromatic nitrogens is 1. The fourth-order valence-corrected chi connectivity index (χ4v) is 4.72. The molecule has 0 aliphatic rings. The number of methoxy groups -OCH3 is 1. The third kappa shape index (κ3) is 7.48. The Morgan fingerprint density at radius 3 is 2.21 bits per heavy atom. The van der Waals surface area contributed by atoms with Crippen molar-refractivity contribution in [2.24, 2.45) is 0 Å². The Hall–Kier alpha value is -4.49. The van der Waals surface area contributed by atoms with Gasteiger partial charge in [-0.3, -0.25) is 4.98 Å². The summed E-state index contributed by atoms with van der Waals surface area (Å²) in [5.41, 5.74) is 6.02. The summed E-state index contributed by atoms with van der Waals surface area (Å²) in [6.45, 7) is 17.1. The molecule has 0 aliphatic carbocycles. The van der Waals surface area contributed by atoms with Gasteiger partial charge in [0.2, 0.25) is 0 Å². The maximum atomic E-state index is 6.40. The SMILES string of the molecule is C=C(Nc1cc(C(C)(C)C)cc(NC(=CC)OC)c1C)Nc1ccc(Oc2ccnc(C(C)N(C)C)c2)c2ccccc12. The van der Waals surface area contributed by atoms with Crippen molar-refractivity contribution in [2.45, 2.75) is 53.0 Å². The van der Waals surface area contributed by atoms with E-state index in [0.29, 0.717) is 11.7 Å². The molecule has 4 aromatic rings. The van der Waals surface area contributed by atoms with Crippen LogP contribution in [-0.4, -0.2) is 31.1 Å². The highest BCUT2D eigenvalue weighted by atomic mass is 16.5. The number of fused-ring (bicyclic) bond motifs is 1. The first-order chi connectivity index (χ1) is 20.4. The van der Waals surface area contributed by atoms with Crippen LogP contribution in [0.15, 0.2) is 91.2 Å². The molecule has 226 valence electrons. The fraction of sp³-hybridized carbons (Fsp3) is 0.306. The van der Waals surface area contributed by atoms with Gasteiger partial charge in [-0.1, -0.05) is 51.6 Å². The van der Waals surface area contributed by atoms with Crippen molar-refractivity contribution in [3.05, 3.63) is 108 Å². The summed E-state index contributed by atoms with van der Waals surface area (Å²) in [4.78, 5) is 6.66. The zero-order valence-corrected chi connectivity index (χ0v) is 26.9. The van der Waals surface area contributed by atoms with Crippen LogP contribution in [0.5, 0.6) is 11.5 Å². The van der Waals surface area contributed by atoms with E-state index in [1.54, 1.807) is 13.3 Å². The van der Waals surface area contributed by atoms with E-state index in [0.717, 1.165) is 50.6 Å². The van der Waals surface area contributed by atoms with Crippen LogP contribution in [0, 0.1) is 6.92 Å². The third-order valence-corrected chi connectivity index (χ3v) is 7.65. The largest absolute Gasteiger partial charge is 0.483 e. The lowest BCUT2D eigenvalue weighted by molar-refractivity contribution is 0.297. The Morgan fingerprint density at radius 1 is 0.930 bits per heavy atom. The van der Waals surface area contributed by atoms with Crippen LogP contribution in [0.2, 0.25) is 0 Å². The first-order valence-electron chi connectivity index (χ1n) is 14.6. The monoisotopic (exact) mass is 579 g/mol. The minimum atomic E-state index is -0.0510. The van der Waals surface area contributed by atoms with E-state index in [9.17, 15) is 0 Å². The van der Waals surface area contributed by atoms with E-state index >= 15 is 0 Å². The smallest absolute Gasteiger partial charge is 0.186 e. The van der Waals surface area contributed by atoms with Gasteiger partial charge in [-0.05, 0) is 87.8 Å². The number of rotatable bonds is 11. The second kappa shape index (κ2) is 13.2. The number of hydrogen-bond acceptors (Lipinski definition) is 7. The molecule has 1 aromatic heterocycles. The zero-order chi connectivity index (χ0) is 31.3. The number of ether oxygens (including phenoxy) is 2. The number of anilines is 3. The summed E-state index contributed by atoms with van der Waals surface area (Å²) < 4.78 is 11.9. The van der Waals surface area contributed by atoms with Gasteiger partial charge >= 0.3 is 0 Å². The molecule has 3 aromatic carbocycles. The lowest BCUT2D eigenvalue weighted by atomic mass is 9.85. The second-order valence-electron chi connectivity index (χ2n) is 12.0. The van der Waals surface area contributed by atoms with E-state index in [4.69, 9.17) is 9.47 Å². The van der Waals surface area contributed by atoms with Crippen LogP contribution < -0.4 is 20.7 Å². The predicted molar refractivity (Wildman–Crippen MR) is 181 cm³/mol. The van der Waals surface area contributed by atoms with Crippen molar-refractivity contribution in [3.8, 4) is 11.5 Å². The number of benzene rings is 3. The van der Waals surface area contributed by atoms with Crippen LogP contribution in [0.4, 0.5) is 17.1 Å². The number of nitrogens with one attached hydrogen (secondary N) is 3. The van der Waals surface area contributed by atoms with Gasteiger partial charge in [0.05, 0.1) is 12.8 Å². The third-order valence-electron chi connectivity index (χ3n) is 7.65. The summed E-state index contributed by atoms with van der Waals surface area (Å²) in [7, 11) is 5.75. The van der Waals surface area contributed by atoms with Gasteiger partial charge in [-0.15, -0.1) is 0 Å². The van der Waals surface area contributed by atoms with Crippen molar-refractivity contribution >= 4 is 27.8 Å². The van der Waals surface area contributed by atoms with Crippen LogP contribution in [0.3, 0.4) is 0 Å². The van der Waals surface area contributed by atoms with Gasteiger partial charge in [0.1, 0.15) is 17.3 Å². The molecule has 1 heterocycles. The molecule has 0 aliphatic heterocycles. The van der Waals surface area contributed by atoms with Gasteiger partial charge in [-0.2, -0.15) is 0 Å².